The zero-order chi connectivity index (χ0) is 46.1. The first kappa shape index (κ1) is 62.9. The predicted octanol–water partition coefficient (Wildman–Crippen LogP) is 18.9. The van der Waals surface area contributed by atoms with E-state index in [0.717, 1.165) is 77.0 Å². The van der Waals surface area contributed by atoms with Crippen LogP contribution in [0.2, 0.25) is 0 Å². The molecule has 0 aliphatic heterocycles. The van der Waals surface area contributed by atoms with Crippen LogP contribution in [0.15, 0.2) is 50.6 Å². The van der Waals surface area contributed by atoms with Crippen molar-refractivity contribution < 1.29 is 23.7 Å². The first-order chi connectivity index (χ1) is 30.9. The summed E-state index contributed by atoms with van der Waals surface area (Å²) < 4.78 is 31.4. The number of unbranched alkanes of at least 4 members (excludes halogenated alkanes) is 28. The molecule has 0 saturated carbocycles. The Morgan fingerprint density at radius 2 is 0.476 bits per heavy atom. The summed E-state index contributed by atoms with van der Waals surface area (Å²) in [5.41, 5.74) is 0. The molecular weight excluding hydrogens is 937 g/mol. The van der Waals surface area contributed by atoms with Crippen LogP contribution in [0, 0.1) is 0 Å². The van der Waals surface area contributed by atoms with Gasteiger partial charge in [0.05, 0.1) is 26.4 Å². The fraction of sp³-hybridized carbons (Fsp3) is 0.760. The molecule has 0 amide bonds. The van der Waals surface area contributed by atoms with Gasteiger partial charge in [-0.05, 0) is 173 Å². The number of rotatable bonds is 46. The summed E-state index contributed by atoms with van der Waals surface area (Å²) in [5, 5.41) is 0. The van der Waals surface area contributed by atoms with Gasteiger partial charge in [0, 0.05) is 0 Å². The summed E-state index contributed by atoms with van der Waals surface area (Å²) >= 11 is 28.2. The minimum atomic E-state index is -0.551. The van der Waals surface area contributed by atoms with Crippen molar-refractivity contribution in [3.8, 4) is 0 Å². The van der Waals surface area contributed by atoms with Crippen molar-refractivity contribution in [2.45, 2.75) is 215 Å². The molecule has 63 heavy (non-hydrogen) atoms. The van der Waals surface area contributed by atoms with Crippen molar-refractivity contribution in [3.05, 3.63) is 50.6 Å². The van der Waals surface area contributed by atoms with Crippen LogP contribution >= 0.6 is 95.9 Å². The third kappa shape index (κ3) is 48.2. The van der Waals surface area contributed by atoms with E-state index in [1.54, 1.807) is 0 Å². The molecule has 0 atom stereocenters. The molecule has 0 unspecified atom stereocenters. The van der Waals surface area contributed by atoms with Crippen LogP contribution in [0.5, 0.6) is 0 Å². The maximum Gasteiger partial charge on any atom is 0.223 e. The van der Waals surface area contributed by atoms with Crippen molar-refractivity contribution >= 4 is 113 Å². The molecule has 0 aromatic carbocycles. The van der Waals surface area contributed by atoms with Crippen LogP contribution in [0.3, 0.4) is 0 Å². The van der Waals surface area contributed by atoms with E-state index in [2.05, 4.69) is 26.3 Å². The Hall–Kier alpha value is -0.120. The van der Waals surface area contributed by atoms with Gasteiger partial charge in [0.15, 0.2) is 9.54 Å². The van der Waals surface area contributed by atoms with Gasteiger partial charge in [-0.15, -0.1) is 26.3 Å². The molecule has 13 heteroatoms. The minimum absolute atomic E-state index is 0.417. The lowest BCUT2D eigenvalue weighted by Crippen LogP contribution is -2.20. The van der Waals surface area contributed by atoms with Crippen molar-refractivity contribution in [2.24, 2.45) is 0 Å². The van der Waals surface area contributed by atoms with Gasteiger partial charge in [0.1, 0.15) is 0 Å². The third-order valence-electron chi connectivity index (χ3n) is 10.1. The first-order valence-corrected chi connectivity index (χ1v) is 29.4. The highest BCUT2D eigenvalue weighted by Gasteiger charge is 2.27. The van der Waals surface area contributed by atoms with Gasteiger partial charge in [-0.25, -0.2) is 0 Å². The normalized spacial score (nSPS) is 11.1. The Bertz CT molecular complexity index is 986. The van der Waals surface area contributed by atoms with E-state index in [1.165, 1.54) is 175 Å². The Labute approximate surface area is 425 Å². The zero-order valence-electron chi connectivity index (χ0n) is 39.1. The lowest BCUT2D eigenvalue weighted by molar-refractivity contribution is 0.196. The Kier molecular flexibility index (Phi) is 51.2. The average molecular weight is 1020 g/mol. The lowest BCUT2D eigenvalue weighted by atomic mass is 10.1. The molecule has 5 nitrogen and oxygen atoms in total. The first-order valence-electron chi connectivity index (χ1n) is 24.3. The van der Waals surface area contributed by atoms with Crippen molar-refractivity contribution in [1.29, 1.82) is 0 Å². The van der Waals surface area contributed by atoms with Gasteiger partial charge in [-0.2, -0.15) is 0 Å². The van der Waals surface area contributed by atoms with Crippen molar-refractivity contribution in [3.63, 3.8) is 0 Å². The van der Waals surface area contributed by atoms with Gasteiger partial charge >= 0.3 is 0 Å². The summed E-state index contributed by atoms with van der Waals surface area (Å²) in [6, 6.07) is 0. The number of hydrogen-bond donors (Lipinski definition) is 0. The quantitative estimate of drug-likeness (QED) is 0.0252. The summed E-state index contributed by atoms with van der Waals surface area (Å²) in [6.45, 7) is 17.6. The molecule has 0 aliphatic rings. The summed E-state index contributed by atoms with van der Waals surface area (Å²) in [4.78, 5) is 0. The second-order valence-corrected chi connectivity index (χ2v) is 23.0. The number of thiocarbonyl (C=S) groups is 4. The van der Waals surface area contributed by atoms with E-state index in [1.807, 2.05) is 24.3 Å². The molecule has 0 N–H and O–H groups in total. The molecule has 0 aliphatic carbocycles. The molecule has 0 rings (SSSR count). The van der Waals surface area contributed by atoms with Gasteiger partial charge in [0.2, 0.25) is 17.5 Å². The highest BCUT2D eigenvalue weighted by Crippen LogP contribution is 2.37. The van der Waals surface area contributed by atoms with Gasteiger partial charge in [-0.1, -0.05) is 153 Å². The minimum Gasteiger partial charge on any atom is -0.479 e. The lowest BCUT2D eigenvalue weighted by Gasteiger charge is -2.24. The number of hydrogen-bond acceptors (Lipinski definition) is 13. The van der Waals surface area contributed by atoms with Gasteiger partial charge in [0.25, 0.3) is 0 Å². The van der Waals surface area contributed by atoms with Crippen molar-refractivity contribution in [1.82, 2.24) is 0 Å². The number of thioether (sulfide) groups is 4. The smallest absolute Gasteiger partial charge is 0.223 e. The molecule has 0 fully saturated rings. The average Bonchev–Trinajstić information content (AvgIpc) is 3.26. The van der Waals surface area contributed by atoms with E-state index >= 15 is 0 Å². The summed E-state index contributed by atoms with van der Waals surface area (Å²) in [6.07, 6.45) is 45.6. The zero-order valence-corrected chi connectivity index (χ0v) is 45.6. The van der Waals surface area contributed by atoms with Crippen LogP contribution in [-0.4, -0.2) is 53.5 Å². The maximum absolute atomic E-state index is 6.69. The highest BCUT2D eigenvalue weighted by atomic mass is 32.2. The molecule has 0 radical (unpaired) electrons. The third-order valence-corrected chi connectivity index (χ3v) is 15.3. The van der Waals surface area contributed by atoms with Gasteiger partial charge < -0.3 is 23.7 Å². The standard InChI is InChI=1S/C50H86O5S8/c1-5-9-13-17-21-25-29-33-37-41-51-45(56)60-49(61-46(57)52-42-38-34-30-26-22-18-14-10-6-2)55-50(62-47(58)53-43-39-35-31-27-23-19-15-11-7-3)63-48(59)54-44-40-36-32-28-24-20-16-12-8-4/h5-8,49-50H,1-4,9-44H2. The second kappa shape index (κ2) is 51.3. The Morgan fingerprint density at radius 1 is 0.302 bits per heavy atom. The van der Waals surface area contributed by atoms with E-state index in [0.29, 0.717) is 44.0 Å². The molecule has 0 bridgehead atoms. The molecular formula is C50H86O5S8. The van der Waals surface area contributed by atoms with Crippen LogP contribution in [-0.2, 0) is 23.7 Å². The molecule has 364 valence electrons. The summed E-state index contributed by atoms with van der Waals surface area (Å²) in [7, 11) is 0. The molecule has 0 aromatic rings. The number of allylic oxidation sites excluding steroid dienone is 4. The molecule has 0 aromatic heterocycles. The molecule has 0 heterocycles. The molecule has 0 spiro atoms. The van der Waals surface area contributed by atoms with Crippen LogP contribution in [0.1, 0.15) is 205 Å². The maximum atomic E-state index is 6.69. The largest absolute Gasteiger partial charge is 0.479 e. The number of ether oxygens (including phenoxy) is 5. The SMILES string of the molecule is C=CCCCCCCCCCOC(=S)SC(OC(SC(=S)OCCCCCCCCCC=C)SC(=S)OCCCCCCCCCC=C)SC(=S)OCCCCCCCCCC=C. The topological polar surface area (TPSA) is 46.2 Å². The fourth-order valence-electron chi connectivity index (χ4n) is 6.42. The summed E-state index contributed by atoms with van der Waals surface area (Å²) in [5.74, 6) is 0. The highest BCUT2D eigenvalue weighted by molar-refractivity contribution is 8.37. The van der Waals surface area contributed by atoms with E-state index in [-0.39, 0.29) is 0 Å². The Balaban J connectivity index is 5.36. The second-order valence-electron chi connectivity index (χ2n) is 15.8. The Morgan fingerprint density at radius 3 is 0.667 bits per heavy atom. The fourth-order valence-corrected chi connectivity index (χ4v) is 12.1. The van der Waals surface area contributed by atoms with Gasteiger partial charge in [-0.3, -0.25) is 0 Å². The molecule has 0 saturated heterocycles. The van der Waals surface area contributed by atoms with E-state index < -0.39 is 9.54 Å². The van der Waals surface area contributed by atoms with Crippen molar-refractivity contribution in [2.75, 3.05) is 26.4 Å². The van der Waals surface area contributed by atoms with E-state index in [9.17, 15) is 0 Å². The monoisotopic (exact) mass is 1020 g/mol. The van der Waals surface area contributed by atoms with E-state index in [4.69, 9.17) is 72.6 Å². The van der Waals surface area contributed by atoms with Crippen LogP contribution in [0.4, 0.5) is 0 Å². The van der Waals surface area contributed by atoms with Crippen LogP contribution < -0.4 is 0 Å². The predicted molar refractivity (Wildman–Crippen MR) is 302 cm³/mol. The van der Waals surface area contributed by atoms with Crippen LogP contribution in [0.25, 0.3) is 0 Å².